The Morgan fingerprint density at radius 1 is 1.21 bits per heavy atom. The van der Waals surface area contributed by atoms with Crippen molar-refractivity contribution in [3.63, 3.8) is 0 Å². The first-order valence-electron chi connectivity index (χ1n) is 7.56. The van der Waals surface area contributed by atoms with Gasteiger partial charge in [-0.3, -0.25) is 4.79 Å². The molecule has 0 spiro atoms. The van der Waals surface area contributed by atoms with Crippen LogP contribution in [0, 0.1) is 0 Å². The summed E-state index contributed by atoms with van der Waals surface area (Å²) in [4.78, 5) is 11.9. The van der Waals surface area contributed by atoms with Crippen LogP contribution in [-0.2, 0) is 9.53 Å². The molecule has 0 aromatic rings. The topological polar surface area (TPSA) is 50.4 Å². The third-order valence-electron chi connectivity index (χ3n) is 3.30. The Balaban J connectivity index is 3.63. The highest BCUT2D eigenvalue weighted by molar-refractivity contribution is 5.81. The van der Waals surface area contributed by atoms with Crippen LogP contribution in [0.5, 0.6) is 0 Å². The standard InChI is InChI=1S/C15H32N2O2/c1-6-8-11-19-12-9-10-16-13(3)14(18)17-15(4,5)7-2/h13,16H,6-12H2,1-5H3,(H,17,18). The molecule has 19 heavy (non-hydrogen) atoms. The number of carbonyl (C=O) groups is 1. The zero-order valence-corrected chi connectivity index (χ0v) is 13.3. The van der Waals surface area contributed by atoms with E-state index in [-0.39, 0.29) is 17.5 Å². The number of carbonyl (C=O) groups excluding carboxylic acids is 1. The smallest absolute Gasteiger partial charge is 0.237 e. The molecule has 0 bridgehead atoms. The molecule has 0 rings (SSSR count). The van der Waals surface area contributed by atoms with Gasteiger partial charge < -0.3 is 15.4 Å². The van der Waals surface area contributed by atoms with Crippen LogP contribution in [-0.4, -0.2) is 37.2 Å². The predicted molar refractivity (Wildman–Crippen MR) is 80.3 cm³/mol. The molecule has 0 fully saturated rings. The summed E-state index contributed by atoms with van der Waals surface area (Å²) in [5.41, 5.74) is -0.129. The molecule has 2 N–H and O–H groups in total. The lowest BCUT2D eigenvalue weighted by molar-refractivity contribution is -0.124. The van der Waals surface area contributed by atoms with Gasteiger partial charge in [0.05, 0.1) is 6.04 Å². The molecule has 4 heteroatoms. The van der Waals surface area contributed by atoms with Gasteiger partial charge in [-0.2, -0.15) is 0 Å². The van der Waals surface area contributed by atoms with Gasteiger partial charge in [-0.15, -0.1) is 0 Å². The van der Waals surface area contributed by atoms with Crippen molar-refractivity contribution in [2.75, 3.05) is 19.8 Å². The molecule has 1 atom stereocenters. The van der Waals surface area contributed by atoms with E-state index in [4.69, 9.17) is 4.74 Å². The van der Waals surface area contributed by atoms with Crippen molar-refractivity contribution in [1.82, 2.24) is 10.6 Å². The minimum atomic E-state index is -0.151. The quantitative estimate of drug-likeness (QED) is 0.568. The number of rotatable bonds is 11. The van der Waals surface area contributed by atoms with Crippen LogP contribution in [0.25, 0.3) is 0 Å². The monoisotopic (exact) mass is 272 g/mol. The largest absolute Gasteiger partial charge is 0.381 e. The van der Waals surface area contributed by atoms with E-state index in [9.17, 15) is 4.79 Å². The summed E-state index contributed by atoms with van der Waals surface area (Å²) in [5.74, 6) is 0.0683. The van der Waals surface area contributed by atoms with Crippen molar-refractivity contribution in [3.8, 4) is 0 Å². The maximum absolute atomic E-state index is 11.9. The lowest BCUT2D eigenvalue weighted by Crippen LogP contribution is -2.50. The number of nitrogens with one attached hydrogen (secondary N) is 2. The Kier molecular flexibility index (Phi) is 9.88. The molecular weight excluding hydrogens is 240 g/mol. The third-order valence-corrected chi connectivity index (χ3v) is 3.30. The van der Waals surface area contributed by atoms with Crippen molar-refractivity contribution in [3.05, 3.63) is 0 Å². The summed E-state index contributed by atoms with van der Waals surface area (Å²) in [7, 11) is 0. The fraction of sp³-hybridized carbons (Fsp3) is 0.933. The normalized spacial score (nSPS) is 13.3. The van der Waals surface area contributed by atoms with Crippen LogP contribution in [0.1, 0.15) is 60.3 Å². The van der Waals surface area contributed by atoms with E-state index in [0.29, 0.717) is 0 Å². The minimum Gasteiger partial charge on any atom is -0.381 e. The molecule has 0 radical (unpaired) electrons. The first kappa shape index (κ1) is 18.4. The molecule has 0 saturated heterocycles. The number of hydrogen-bond donors (Lipinski definition) is 2. The molecule has 0 aliphatic carbocycles. The van der Waals surface area contributed by atoms with Gasteiger partial charge in [-0.1, -0.05) is 20.3 Å². The second-order valence-electron chi connectivity index (χ2n) is 5.72. The molecule has 0 aromatic carbocycles. The lowest BCUT2D eigenvalue weighted by Gasteiger charge is -2.26. The minimum absolute atomic E-state index is 0.0683. The van der Waals surface area contributed by atoms with Crippen molar-refractivity contribution >= 4 is 5.91 Å². The zero-order chi connectivity index (χ0) is 14.7. The van der Waals surface area contributed by atoms with Gasteiger partial charge in [0.25, 0.3) is 0 Å². The van der Waals surface area contributed by atoms with Gasteiger partial charge in [0, 0.05) is 18.8 Å². The molecular formula is C15H32N2O2. The Morgan fingerprint density at radius 2 is 1.84 bits per heavy atom. The number of unbranched alkanes of at least 4 members (excludes halogenated alkanes) is 1. The van der Waals surface area contributed by atoms with Crippen molar-refractivity contribution < 1.29 is 9.53 Å². The number of hydrogen-bond acceptors (Lipinski definition) is 3. The summed E-state index contributed by atoms with van der Waals surface area (Å²) >= 11 is 0. The van der Waals surface area contributed by atoms with E-state index in [2.05, 4.69) is 24.5 Å². The Morgan fingerprint density at radius 3 is 2.42 bits per heavy atom. The van der Waals surface area contributed by atoms with Gasteiger partial charge in [0.1, 0.15) is 0 Å². The molecule has 1 amide bonds. The van der Waals surface area contributed by atoms with E-state index in [0.717, 1.165) is 39.0 Å². The highest BCUT2D eigenvalue weighted by Crippen LogP contribution is 2.06. The van der Waals surface area contributed by atoms with Crippen molar-refractivity contribution in [2.45, 2.75) is 71.9 Å². The molecule has 114 valence electrons. The van der Waals surface area contributed by atoms with Crippen LogP contribution in [0.15, 0.2) is 0 Å². The van der Waals surface area contributed by atoms with Crippen LogP contribution in [0.4, 0.5) is 0 Å². The highest BCUT2D eigenvalue weighted by atomic mass is 16.5. The van der Waals surface area contributed by atoms with Gasteiger partial charge in [0.15, 0.2) is 0 Å². The highest BCUT2D eigenvalue weighted by Gasteiger charge is 2.21. The molecule has 0 saturated carbocycles. The Labute approximate surface area is 118 Å². The summed E-state index contributed by atoms with van der Waals surface area (Å²) in [5, 5.41) is 6.27. The lowest BCUT2D eigenvalue weighted by atomic mass is 10.0. The van der Waals surface area contributed by atoms with E-state index in [1.807, 2.05) is 20.8 Å². The van der Waals surface area contributed by atoms with E-state index >= 15 is 0 Å². The van der Waals surface area contributed by atoms with Gasteiger partial charge in [0.2, 0.25) is 5.91 Å². The van der Waals surface area contributed by atoms with Crippen molar-refractivity contribution in [2.24, 2.45) is 0 Å². The predicted octanol–water partition coefficient (Wildman–Crippen LogP) is 2.48. The first-order chi connectivity index (χ1) is 8.93. The second kappa shape index (κ2) is 10.2. The molecule has 0 aromatic heterocycles. The summed E-state index contributed by atoms with van der Waals surface area (Å²) in [6.45, 7) is 12.6. The zero-order valence-electron chi connectivity index (χ0n) is 13.3. The molecule has 4 nitrogen and oxygen atoms in total. The third kappa shape index (κ3) is 9.91. The number of ether oxygens (including phenoxy) is 1. The molecule has 1 unspecified atom stereocenters. The van der Waals surface area contributed by atoms with Gasteiger partial charge >= 0.3 is 0 Å². The first-order valence-corrected chi connectivity index (χ1v) is 7.56. The van der Waals surface area contributed by atoms with Crippen LogP contribution >= 0.6 is 0 Å². The Hall–Kier alpha value is -0.610. The summed E-state index contributed by atoms with van der Waals surface area (Å²) in [6, 6.07) is -0.151. The Bertz CT molecular complexity index is 242. The van der Waals surface area contributed by atoms with Gasteiger partial charge in [-0.25, -0.2) is 0 Å². The van der Waals surface area contributed by atoms with Crippen LogP contribution < -0.4 is 10.6 Å². The second-order valence-corrected chi connectivity index (χ2v) is 5.72. The van der Waals surface area contributed by atoms with E-state index in [1.165, 1.54) is 6.42 Å². The van der Waals surface area contributed by atoms with Gasteiger partial charge in [-0.05, 0) is 46.6 Å². The molecule has 0 aliphatic rings. The van der Waals surface area contributed by atoms with Crippen LogP contribution in [0.3, 0.4) is 0 Å². The summed E-state index contributed by atoms with van der Waals surface area (Å²) in [6.07, 6.45) is 4.16. The van der Waals surface area contributed by atoms with E-state index in [1.54, 1.807) is 0 Å². The molecule has 0 aliphatic heterocycles. The number of amides is 1. The fourth-order valence-corrected chi connectivity index (χ4v) is 1.46. The SMILES string of the molecule is CCCCOCCCNC(C)C(=O)NC(C)(C)CC. The fourth-order valence-electron chi connectivity index (χ4n) is 1.46. The maximum Gasteiger partial charge on any atom is 0.237 e. The maximum atomic E-state index is 11.9. The van der Waals surface area contributed by atoms with Crippen LogP contribution in [0.2, 0.25) is 0 Å². The molecule has 0 heterocycles. The average molecular weight is 272 g/mol. The average Bonchev–Trinajstić information content (AvgIpc) is 2.37. The summed E-state index contributed by atoms with van der Waals surface area (Å²) < 4.78 is 5.47. The van der Waals surface area contributed by atoms with E-state index < -0.39 is 0 Å². The van der Waals surface area contributed by atoms with Crippen molar-refractivity contribution in [1.29, 1.82) is 0 Å².